The average molecular weight is 308 g/mol. The number of methoxy groups -OCH3 is 1. The van der Waals surface area contributed by atoms with Crippen molar-refractivity contribution in [1.29, 1.82) is 0 Å². The number of ether oxygens (including phenoxy) is 1. The Kier molecular flexibility index (Phi) is 5.21. The van der Waals surface area contributed by atoms with E-state index in [0.717, 1.165) is 22.4 Å². The van der Waals surface area contributed by atoms with E-state index in [2.05, 4.69) is 11.4 Å². The van der Waals surface area contributed by atoms with Crippen LogP contribution in [-0.2, 0) is 6.42 Å². The molecule has 0 aliphatic rings. The van der Waals surface area contributed by atoms with Crippen LogP contribution in [0.1, 0.15) is 22.7 Å². The lowest BCUT2D eigenvalue weighted by atomic mass is 9.96. The second-order valence-corrected chi connectivity index (χ2v) is 5.38. The minimum atomic E-state index is -0.389. The number of nitrogens with one attached hydrogen (secondary N) is 1. The van der Waals surface area contributed by atoms with Crippen LogP contribution in [-0.4, -0.2) is 14.2 Å². The van der Waals surface area contributed by atoms with Crippen molar-refractivity contribution in [2.24, 2.45) is 0 Å². The van der Waals surface area contributed by atoms with E-state index in [0.29, 0.717) is 6.42 Å². The lowest BCUT2D eigenvalue weighted by Gasteiger charge is -2.20. The van der Waals surface area contributed by atoms with Crippen molar-refractivity contribution in [1.82, 2.24) is 5.32 Å². The van der Waals surface area contributed by atoms with Gasteiger partial charge in [0.25, 0.3) is 0 Å². The van der Waals surface area contributed by atoms with Crippen molar-refractivity contribution >= 4 is 11.6 Å². The van der Waals surface area contributed by atoms with Gasteiger partial charge >= 0.3 is 0 Å². The predicted octanol–water partition coefficient (Wildman–Crippen LogP) is 4.30. The molecule has 0 bridgehead atoms. The van der Waals surface area contributed by atoms with Gasteiger partial charge in [-0.25, -0.2) is 4.39 Å². The fourth-order valence-corrected chi connectivity index (χ4v) is 2.62. The molecule has 4 heteroatoms. The molecule has 2 aromatic carbocycles. The largest absolute Gasteiger partial charge is 0.496 e. The standard InChI is InChI=1S/C17H19ClFNO/c1-11-7-8-16(21-3)13(9-11)15(20-2)10-12-5-4-6-14(19)17(12)18/h4-9,15,20H,10H2,1-3H3. The zero-order valence-corrected chi connectivity index (χ0v) is 13.2. The molecule has 0 heterocycles. The topological polar surface area (TPSA) is 21.3 Å². The Labute approximate surface area is 129 Å². The number of hydrogen-bond acceptors (Lipinski definition) is 2. The highest BCUT2D eigenvalue weighted by Gasteiger charge is 2.17. The van der Waals surface area contributed by atoms with Gasteiger partial charge in [0.2, 0.25) is 0 Å². The van der Waals surface area contributed by atoms with Gasteiger partial charge in [0.15, 0.2) is 0 Å². The number of hydrogen-bond donors (Lipinski definition) is 1. The molecule has 0 fully saturated rings. The maximum Gasteiger partial charge on any atom is 0.142 e. The van der Waals surface area contributed by atoms with E-state index < -0.39 is 0 Å². The molecule has 2 nitrogen and oxygen atoms in total. The summed E-state index contributed by atoms with van der Waals surface area (Å²) >= 11 is 6.05. The molecule has 0 saturated heterocycles. The van der Waals surface area contributed by atoms with Crippen molar-refractivity contribution in [3.05, 3.63) is 63.9 Å². The molecule has 2 aromatic rings. The quantitative estimate of drug-likeness (QED) is 0.889. The van der Waals surface area contributed by atoms with E-state index in [4.69, 9.17) is 16.3 Å². The fraction of sp³-hybridized carbons (Fsp3) is 0.294. The highest BCUT2D eigenvalue weighted by atomic mass is 35.5. The van der Waals surface area contributed by atoms with E-state index in [1.54, 1.807) is 13.2 Å². The number of benzene rings is 2. The van der Waals surface area contributed by atoms with Gasteiger partial charge < -0.3 is 10.1 Å². The minimum Gasteiger partial charge on any atom is -0.496 e. The smallest absolute Gasteiger partial charge is 0.142 e. The number of likely N-dealkylation sites (N-methyl/N-ethyl adjacent to an activating group) is 1. The van der Waals surface area contributed by atoms with Gasteiger partial charge in [-0.15, -0.1) is 0 Å². The molecule has 1 atom stereocenters. The van der Waals surface area contributed by atoms with Crippen LogP contribution < -0.4 is 10.1 Å². The summed E-state index contributed by atoms with van der Waals surface area (Å²) in [7, 11) is 3.52. The molecular formula is C17H19ClFNO. The molecule has 0 aromatic heterocycles. The van der Waals surface area contributed by atoms with Crippen LogP contribution in [0.25, 0.3) is 0 Å². The average Bonchev–Trinajstić information content (AvgIpc) is 2.49. The third-order valence-corrected chi connectivity index (χ3v) is 3.99. The van der Waals surface area contributed by atoms with Gasteiger partial charge in [-0.3, -0.25) is 0 Å². The summed E-state index contributed by atoms with van der Waals surface area (Å²) in [6.45, 7) is 2.03. The Bertz CT molecular complexity index is 630. The molecule has 0 amide bonds. The third-order valence-electron chi connectivity index (χ3n) is 3.56. The van der Waals surface area contributed by atoms with Gasteiger partial charge in [0.1, 0.15) is 11.6 Å². The Balaban J connectivity index is 2.36. The normalized spacial score (nSPS) is 12.2. The minimum absolute atomic E-state index is 0.000787. The molecule has 0 radical (unpaired) electrons. The van der Waals surface area contributed by atoms with Crippen LogP contribution in [0, 0.1) is 12.7 Å². The zero-order valence-electron chi connectivity index (χ0n) is 12.4. The molecule has 0 aliphatic heterocycles. The van der Waals surface area contributed by atoms with Crippen LogP contribution in [0.2, 0.25) is 5.02 Å². The summed E-state index contributed by atoms with van der Waals surface area (Å²) in [5.74, 6) is 0.424. The molecule has 2 rings (SSSR count). The van der Waals surface area contributed by atoms with E-state index in [9.17, 15) is 4.39 Å². The van der Waals surface area contributed by atoms with Crippen molar-refractivity contribution in [2.75, 3.05) is 14.2 Å². The molecule has 0 spiro atoms. The van der Waals surface area contributed by atoms with Crippen LogP contribution in [0.15, 0.2) is 36.4 Å². The molecule has 0 saturated carbocycles. The van der Waals surface area contributed by atoms with Crippen LogP contribution >= 0.6 is 11.6 Å². The lowest BCUT2D eigenvalue weighted by Crippen LogP contribution is -2.20. The summed E-state index contributed by atoms with van der Waals surface area (Å²) in [5, 5.41) is 3.44. The van der Waals surface area contributed by atoms with Crippen LogP contribution in [0.5, 0.6) is 5.75 Å². The van der Waals surface area contributed by atoms with Gasteiger partial charge in [0.05, 0.1) is 12.1 Å². The third kappa shape index (κ3) is 3.55. The maximum atomic E-state index is 13.6. The Morgan fingerprint density at radius 1 is 1.29 bits per heavy atom. The summed E-state index contributed by atoms with van der Waals surface area (Å²) in [6, 6.07) is 10.9. The van der Waals surface area contributed by atoms with Crippen molar-refractivity contribution in [2.45, 2.75) is 19.4 Å². The van der Waals surface area contributed by atoms with Gasteiger partial charge in [0, 0.05) is 11.6 Å². The molecule has 112 valence electrons. The summed E-state index contributed by atoms with van der Waals surface area (Å²) < 4.78 is 19.0. The first-order valence-electron chi connectivity index (χ1n) is 6.81. The van der Waals surface area contributed by atoms with Crippen LogP contribution in [0.4, 0.5) is 4.39 Å². The Morgan fingerprint density at radius 3 is 2.71 bits per heavy atom. The second kappa shape index (κ2) is 6.92. The second-order valence-electron chi connectivity index (χ2n) is 5.00. The highest BCUT2D eigenvalue weighted by Crippen LogP contribution is 2.31. The zero-order chi connectivity index (χ0) is 15.4. The first-order valence-corrected chi connectivity index (χ1v) is 7.19. The Morgan fingerprint density at radius 2 is 2.05 bits per heavy atom. The SMILES string of the molecule is CNC(Cc1cccc(F)c1Cl)c1cc(C)ccc1OC. The Hall–Kier alpha value is -1.58. The van der Waals surface area contributed by atoms with Gasteiger partial charge in [-0.2, -0.15) is 0 Å². The summed E-state index contributed by atoms with van der Waals surface area (Å²) in [6.07, 6.45) is 0.590. The van der Waals surface area contributed by atoms with E-state index in [-0.39, 0.29) is 16.9 Å². The fourth-order valence-electron chi connectivity index (χ4n) is 2.42. The number of rotatable bonds is 5. The van der Waals surface area contributed by atoms with Crippen molar-refractivity contribution < 1.29 is 9.13 Å². The van der Waals surface area contributed by atoms with E-state index in [1.807, 2.05) is 32.2 Å². The van der Waals surface area contributed by atoms with Crippen molar-refractivity contribution in [3.63, 3.8) is 0 Å². The molecular weight excluding hydrogens is 289 g/mol. The molecule has 1 unspecified atom stereocenters. The summed E-state index contributed by atoms with van der Waals surface area (Å²) in [5.41, 5.74) is 2.97. The van der Waals surface area contributed by atoms with E-state index >= 15 is 0 Å². The molecule has 21 heavy (non-hydrogen) atoms. The van der Waals surface area contributed by atoms with Gasteiger partial charge in [-0.05, 0) is 38.1 Å². The summed E-state index contributed by atoms with van der Waals surface area (Å²) in [4.78, 5) is 0. The van der Waals surface area contributed by atoms with E-state index in [1.165, 1.54) is 6.07 Å². The predicted molar refractivity (Wildman–Crippen MR) is 84.6 cm³/mol. The number of halogens is 2. The molecule has 0 aliphatic carbocycles. The first kappa shape index (κ1) is 15.8. The highest BCUT2D eigenvalue weighted by molar-refractivity contribution is 6.31. The first-order chi connectivity index (χ1) is 10.1. The van der Waals surface area contributed by atoms with Crippen molar-refractivity contribution in [3.8, 4) is 5.75 Å². The van der Waals surface area contributed by atoms with Gasteiger partial charge in [-0.1, -0.05) is 41.4 Å². The monoisotopic (exact) mass is 307 g/mol. The maximum absolute atomic E-state index is 13.6. The lowest BCUT2D eigenvalue weighted by molar-refractivity contribution is 0.401. The number of aryl methyl sites for hydroxylation is 1. The van der Waals surface area contributed by atoms with Crippen LogP contribution in [0.3, 0.4) is 0 Å². The molecule has 1 N–H and O–H groups in total.